The summed E-state index contributed by atoms with van der Waals surface area (Å²) in [6.45, 7) is 6.23. The molecular formula is C28H31N3O3. The van der Waals surface area contributed by atoms with Gasteiger partial charge in [-0.05, 0) is 53.8 Å². The lowest BCUT2D eigenvalue weighted by Gasteiger charge is -2.36. The summed E-state index contributed by atoms with van der Waals surface area (Å²) in [4.78, 5) is 29.2. The maximum absolute atomic E-state index is 13.2. The number of hydrogen-bond acceptors (Lipinski definition) is 3. The average molecular weight is 458 g/mol. The van der Waals surface area contributed by atoms with Gasteiger partial charge in [0.25, 0.3) is 5.91 Å². The van der Waals surface area contributed by atoms with Crippen LogP contribution in [-0.4, -0.2) is 36.5 Å². The van der Waals surface area contributed by atoms with Crippen LogP contribution < -0.4 is 15.0 Å². The summed E-state index contributed by atoms with van der Waals surface area (Å²) < 4.78 is 5.51. The molecule has 176 valence electrons. The van der Waals surface area contributed by atoms with Crippen LogP contribution in [0.1, 0.15) is 37.3 Å². The maximum Gasteiger partial charge on any atom is 0.324 e. The number of anilines is 2. The summed E-state index contributed by atoms with van der Waals surface area (Å²) in [5, 5.41) is 2.86. The van der Waals surface area contributed by atoms with E-state index >= 15 is 0 Å². The number of benzene rings is 3. The zero-order valence-electron chi connectivity index (χ0n) is 19.7. The van der Waals surface area contributed by atoms with E-state index in [9.17, 15) is 9.59 Å². The largest absolute Gasteiger partial charge is 0.484 e. The molecule has 0 spiro atoms. The second-order valence-electron chi connectivity index (χ2n) is 8.81. The van der Waals surface area contributed by atoms with E-state index in [1.165, 1.54) is 5.56 Å². The van der Waals surface area contributed by atoms with Gasteiger partial charge in [-0.1, -0.05) is 62.4 Å². The Kier molecular flexibility index (Phi) is 7.48. The van der Waals surface area contributed by atoms with Crippen LogP contribution in [0.25, 0.3) is 0 Å². The third-order valence-corrected chi connectivity index (χ3v) is 5.89. The summed E-state index contributed by atoms with van der Waals surface area (Å²) in [6.07, 6.45) is 0.886. The Morgan fingerprint density at radius 2 is 1.74 bits per heavy atom. The number of ether oxygens (including phenoxy) is 1. The van der Waals surface area contributed by atoms with Crippen molar-refractivity contribution in [3.63, 3.8) is 0 Å². The molecule has 4 rings (SSSR count). The van der Waals surface area contributed by atoms with Gasteiger partial charge in [-0.15, -0.1) is 0 Å². The number of para-hydroxylation sites is 1. The van der Waals surface area contributed by atoms with Crippen LogP contribution in [0.3, 0.4) is 0 Å². The number of amides is 3. The minimum atomic E-state index is -0.252. The fourth-order valence-electron chi connectivity index (χ4n) is 4.01. The van der Waals surface area contributed by atoms with Crippen molar-refractivity contribution in [2.24, 2.45) is 0 Å². The molecule has 0 saturated carbocycles. The molecule has 0 aliphatic carbocycles. The molecule has 3 aromatic rings. The third kappa shape index (κ3) is 5.95. The lowest BCUT2D eigenvalue weighted by molar-refractivity contribution is -0.118. The number of carbonyl (C=O) groups excluding carboxylic acids is 2. The van der Waals surface area contributed by atoms with Gasteiger partial charge in [-0.2, -0.15) is 0 Å². The molecule has 1 aliphatic rings. The fourth-order valence-corrected chi connectivity index (χ4v) is 4.01. The monoisotopic (exact) mass is 457 g/mol. The third-order valence-electron chi connectivity index (χ3n) is 5.89. The van der Waals surface area contributed by atoms with Gasteiger partial charge < -0.3 is 15.0 Å². The van der Waals surface area contributed by atoms with E-state index in [-0.39, 0.29) is 18.5 Å². The van der Waals surface area contributed by atoms with Crippen LogP contribution in [0, 0.1) is 0 Å². The number of nitrogens with zero attached hydrogens (tertiary/aromatic N) is 2. The van der Waals surface area contributed by atoms with Gasteiger partial charge >= 0.3 is 6.03 Å². The van der Waals surface area contributed by atoms with E-state index in [1.54, 1.807) is 17.0 Å². The second kappa shape index (κ2) is 10.9. The smallest absolute Gasteiger partial charge is 0.324 e. The summed E-state index contributed by atoms with van der Waals surface area (Å²) in [6, 6.07) is 25.1. The zero-order valence-corrected chi connectivity index (χ0v) is 19.7. The quantitative estimate of drug-likeness (QED) is 0.475. The molecular weight excluding hydrogens is 426 g/mol. The van der Waals surface area contributed by atoms with Gasteiger partial charge in [0.1, 0.15) is 5.75 Å². The lowest BCUT2D eigenvalue weighted by Crippen LogP contribution is -2.49. The average Bonchev–Trinajstić information content (AvgIpc) is 2.85. The topological polar surface area (TPSA) is 61.9 Å². The highest BCUT2D eigenvalue weighted by Gasteiger charge is 2.27. The Balaban J connectivity index is 1.38. The van der Waals surface area contributed by atoms with E-state index in [0.717, 1.165) is 24.2 Å². The molecule has 3 aromatic carbocycles. The molecule has 1 aliphatic heterocycles. The van der Waals surface area contributed by atoms with Crippen molar-refractivity contribution in [1.29, 1.82) is 0 Å². The molecule has 1 heterocycles. The summed E-state index contributed by atoms with van der Waals surface area (Å²) >= 11 is 0. The van der Waals surface area contributed by atoms with Crippen LogP contribution in [0.5, 0.6) is 5.75 Å². The van der Waals surface area contributed by atoms with Gasteiger partial charge in [-0.3, -0.25) is 9.69 Å². The summed E-state index contributed by atoms with van der Waals surface area (Å²) in [5.74, 6) is 0.875. The predicted molar refractivity (Wildman–Crippen MR) is 135 cm³/mol. The molecule has 1 saturated heterocycles. The van der Waals surface area contributed by atoms with Crippen molar-refractivity contribution in [3.8, 4) is 5.75 Å². The highest BCUT2D eigenvalue weighted by atomic mass is 16.5. The normalized spacial score (nSPS) is 13.8. The summed E-state index contributed by atoms with van der Waals surface area (Å²) in [7, 11) is 0. The molecule has 1 N–H and O–H groups in total. The van der Waals surface area contributed by atoms with Crippen LogP contribution >= 0.6 is 0 Å². The zero-order chi connectivity index (χ0) is 23.9. The van der Waals surface area contributed by atoms with E-state index in [1.807, 2.05) is 47.4 Å². The molecule has 6 nitrogen and oxygen atoms in total. The minimum absolute atomic E-state index is 0.0185. The van der Waals surface area contributed by atoms with Crippen LogP contribution in [0.4, 0.5) is 16.2 Å². The highest BCUT2D eigenvalue weighted by molar-refractivity contribution is 5.95. The molecule has 0 radical (unpaired) electrons. The number of urea groups is 1. The van der Waals surface area contributed by atoms with Crippen LogP contribution in [0.2, 0.25) is 0 Å². The van der Waals surface area contributed by atoms with E-state index in [2.05, 4.69) is 43.4 Å². The molecule has 34 heavy (non-hydrogen) atoms. The van der Waals surface area contributed by atoms with Crippen molar-refractivity contribution in [2.75, 3.05) is 29.9 Å². The molecule has 0 atom stereocenters. The first-order valence-corrected chi connectivity index (χ1v) is 11.7. The van der Waals surface area contributed by atoms with Crippen LogP contribution in [0.15, 0.2) is 78.9 Å². The van der Waals surface area contributed by atoms with Gasteiger partial charge in [0, 0.05) is 31.0 Å². The molecule has 0 aromatic heterocycles. The lowest BCUT2D eigenvalue weighted by atomic mass is 10.0. The van der Waals surface area contributed by atoms with Crippen molar-refractivity contribution in [2.45, 2.75) is 32.7 Å². The van der Waals surface area contributed by atoms with Gasteiger partial charge in [0.05, 0.1) is 0 Å². The van der Waals surface area contributed by atoms with E-state index in [4.69, 9.17) is 4.74 Å². The first kappa shape index (κ1) is 23.4. The Hall–Kier alpha value is -3.80. The maximum atomic E-state index is 13.2. The van der Waals surface area contributed by atoms with Gasteiger partial charge in [-0.25, -0.2) is 4.79 Å². The Morgan fingerprint density at radius 3 is 2.47 bits per heavy atom. The minimum Gasteiger partial charge on any atom is -0.484 e. The van der Waals surface area contributed by atoms with Crippen molar-refractivity contribution in [3.05, 3.63) is 90.0 Å². The predicted octanol–water partition coefficient (Wildman–Crippen LogP) is 5.66. The standard InChI is InChI=1S/C28H31N3O3/c1-21(2)23-14-12-22(13-15-23)19-30-16-7-17-31(28(30)33)25-9-6-8-24(18-25)29-27(32)20-34-26-10-4-3-5-11-26/h3-6,8-15,18,21H,7,16-17,19-20H2,1-2H3,(H,29,32). The van der Waals surface area contributed by atoms with E-state index in [0.29, 0.717) is 30.4 Å². The molecule has 1 fully saturated rings. The van der Waals surface area contributed by atoms with Gasteiger partial charge in [0.2, 0.25) is 0 Å². The molecule has 3 amide bonds. The second-order valence-corrected chi connectivity index (χ2v) is 8.81. The molecule has 0 unspecified atom stereocenters. The Labute approximate surface area is 201 Å². The van der Waals surface area contributed by atoms with Crippen molar-refractivity contribution >= 4 is 23.3 Å². The Morgan fingerprint density at radius 1 is 0.971 bits per heavy atom. The SMILES string of the molecule is CC(C)c1ccc(CN2CCCN(c3cccc(NC(=O)COc4ccccc4)c3)C2=O)cc1. The molecule has 6 heteroatoms. The number of rotatable bonds is 8. The van der Waals surface area contributed by atoms with Crippen molar-refractivity contribution in [1.82, 2.24) is 4.90 Å². The Bertz CT molecular complexity index is 1110. The van der Waals surface area contributed by atoms with Crippen LogP contribution in [-0.2, 0) is 11.3 Å². The van der Waals surface area contributed by atoms with Crippen molar-refractivity contribution < 1.29 is 14.3 Å². The number of hydrogen-bond donors (Lipinski definition) is 1. The highest BCUT2D eigenvalue weighted by Crippen LogP contribution is 2.25. The number of carbonyl (C=O) groups is 2. The molecule has 0 bridgehead atoms. The fraction of sp³-hybridized carbons (Fsp3) is 0.286. The van der Waals surface area contributed by atoms with Gasteiger partial charge in [0.15, 0.2) is 6.61 Å². The first-order valence-electron chi connectivity index (χ1n) is 11.7. The summed E-state index contributed by atoms with van der Waals surface area (Å²) in [5.41, 5.74) is 3.82. The first-order chi connectivity index (χ1) is 16.5. The van der Waals surface area contributed by atoms with E-state index < -0.39 is 0 Å². The number of nitrogens with one attached hydrogen (secondary N) is 1.